The highest BCUT2D eigenvalue weighted by atomic mass is 16.4. The van der Waals surface area contributed by atoms with Gasteiger partial charge in [-0.05, 0) is 66.4 Å². The van der Waals surface area contributed by atoms with Gasteiger partial charge in [0, 0.05) is 18.1 Å². The molecule has 0 bridgehead atoms. The van der Waals surface area contributed by atoms with Gasteiger partial charge in [-0.15, -0.1) is 0 Å². The van der Waals surface area contributed by atoms with Gasteiger partial charge < -0.3 is 19.7 Å². The van der Waals surface area contributed by atoms with Gasteiger partial charge in [0.1, 0.15) is 0 Å². The second-order valence-corrected chi connectivity index (χ2v) is 8.01. The van der Waals surface area contributed by atoms with Crippen molar-refractivity contribution in [3.05, 3.63) is 28.1 Å². The fourth-order valence-electron chi connectivity index (χ4n) is 3.17. The van der Waals surface area contributed by atoms with E-state index in [0.29, 0.717) is 16.8 Å². The number of hydrogen-bond acceptors (Lipinski definition) is 6. The van der Waals surface area contributed by atoms with Crippen LogP contribution in [0.3, 0.4) is 0 Å². The van der Waals surface area contributed by atoms with E-state index in [0.717, 1.165) is 6.54 Å². The number of amides is 1. The number of nitrogens with zero attached hydrogens (tertiary/aromatic N) is 3. The van der Waals surface area contributed by atoms with Crippen LogP contribution in [0.5, 0.6) is 0 Å². The minimum atomic E-state index is -1.09. The molecule has 0 unspecified atom stereocenters. The van der Waals surface area contributed by atoms with Crippen molar-refractivity contribution in [2.75, 3.05) is 30.9 Å². The van der Waals surface area contributed by atoms with E-state index in [2.05, 4.69) is 10.3 Å². The minimum absolute atomic E-state index is 0.0388. The lowest BCUT2D eigenvalue weighted by atomic mass is 10.0. The Bertz CT molecular complexity index is 899. The lowest BCUT2D eigenvalue weighted by molar-refractivity contribution is 0.195. The lowest BCUT2D eigenvalue weighted by Gasteiger charge is -2.34. The summed E-state index contributed by atoms with van der Waals surface area (Å²) < 4.78 is 5.34. The summed E-state index contributed by atoms with van der Waals surface area (Å²) in [5.41, 5.74) is 0.225. The Morgan fingerprint density at radius 3 is 2.48 bits per heavy atom. The third-order valence-corrected chi connectivity index (χ3v) is 4.14. The molecule has 0 spiro atoms. The first-order valence-electron chi connectivity index (χ1n) is 8.80. The molecule has 0 aliphatic carbocycles. The molecule has 8 heteroatoms. The molecule has 2 rings (SSSR count). The summed E-state index contributed by atoms with van der Waals surface area (Å²) in [5.74, 6) is 0. The second kappa shape index (κ2) is 7.56. The van der Waals surface area contributed by atoms with Gasteiger partial charge in [-0.1, -0.05) is 0 Å². The second-order valence-electron chi connectivity index (χ2n) is 8.01. The molecule has 0 radical (unpaired) electrons. The summed E-state index contributed by atoms with van der Waals surface area (Å²) in [6.45, 7) is 9.81. The maximum absolute atomic E-state index is 12.6. The van der Waals surface area contributed by atoms with Crippen molar-refractivity contribution in [3.63, 3.8) is 0 Å². The predicted molar refractivity (Wildman–Crippen MR) is 107 cm³/mol. The summed E-state index contributed by atoms with van der Waals surface area (Å²) in [4.78, 5) is 32.0. The summed E-state index contributed by atoms with van der Waals surface area (Å²) in [6.07, 6.45) is -1.09. The number of likely N-dealkylation sites (N-methyl/N-ethyl adjacent to an activating group) is 1. The number of aryl methyl sites for hydroxylation is 1. The Hall–Kier alpha value is -2.61. The SMILES string of the molecule is Cc1c(N(C(=O)O)C(C)(C)C)ccc2nc(N[C@@H](C)CN(C)C)oc(=O)c12. The van der Waals surface area contributed by atoms with E-state index in [1.807, 2.05) is 25.9 Å². The van der Waals surface area contributed by atoms with Crippen LogP contribution in [-0.2, 0) is 0 Å². The van der Waals surface area contributed by atoms with E-state index in [4.69, 9.17) is 4.42 Å². The molecule has 8 nitrogen and oxygen atoms in total. The maximum atomic E-state index is 12.6. The Kier molecular flexibility index (Phi) is 5.79. The van der Waals surface area contributed by atoms with Crippen LogP contribution in [0, 0.1) is 6.92 Å². The van der Waals surface area contributed by atoms with Crippen LogP contribution in [0.25, 0.3) is 10.9 Å². The molecule has 2 aromatic rings. The third kappa shape index (κ3) is 4.57. The molecule has 1 aromatic heterocycles. The van der Waals surface area contributed by atoms with Crippen LogP contribution in [0.1, 0.15) is 33.3 Å². The van der Waals surface area contributed by atoms with E-state index < -0.39 is 17.3 Å². The molecular weight excluding hydrogens is 348 g/mol. The van der Waals surface area contributed by atoms with Gasteiger partial charge in [0.15, 0.2) is 0 Å². The average Bonchev–Trinajstić information content (AvgIpc) is 2.46. The number of fused-ring (bicyclic) bond motifs is 1. The number of anilines is 2. The number of benzene rings is 1. The molecule has 148 valence electrons. The number of aromatic nitrogens is 1. The third-order valence-electron chi connectivity index (χ3n) is 4.14. The van der Waals surface area contributed by atoms with Crippen molar-refractivity contribution < 1.29 is 14.3 Å². The maximum Gasteiger partial charge on any atom is 0.412 e. The molecule has 0 saturated carbocycles. The minimum Gasteiger partial charge on any atom is -0.465 e. The average molecular weight is 376 g/mol. The smallest absolute Gasteiger partial charge is 0.412 e. The molecule has 0 fully saturated rings. The Morgan fingerprint density at radius 1 is 1.33 bits per heavy atom. The van der Waals surface area contributed by atoms with Crippen molar-refractivity contribution in [2.45, 2.75) is 46.2 Å². The van der Waals surface area contributed by atoms with Gasteiger partial charge in [-0.25, -0.2) is 9.59 Å². The molecule has 1 aromatic carbocycles. The van der Waals surface area contributed by atoms with Gasteiger partial charge in [0.25, 0.3) is 6.01 Å². The first kappa shape index (κ1) is 20.7. The zero-order valence-electron chi connectivity index (χ0n) is 17.0. The van der Waals surface area contributed by atoms with Gasteiger partial charge in [-0.3, -0.25) is 4.90 Å². The first-order valence-corrected chi connectivity index (χ1v) is 8.80. The van der Waals surface area contributed by atoms with Crippen LogP contribution >= 0.6 is 0 Å². The van der Waals surface area contributed by atoms with Gasteiger partial charge >= 0.3 is 11.7 Å². The molecule has 1 heterocycles. The van der Waals surface area contributed by atoms with Gasteiger partial charge in [0.05, 0.1) is 16.6 Å². The van der Waals surface area contributed by atoms with E-state index in [1.165, 1.54) is 4.90 Å². The quantitative estimate of drug-likeness (QED) is 0.827. The van der Waals surface area contributed by atoms with Crippen LogP contribution in [0.4, 0.5) is 16.5 Å². The molecule has 0 aliphatic rings. The fourth-order valence-corrected chi connectivity index (χ4v) is 3.17. The van der Waals surface area contributed by atoms with E-state index in [-0.39, 0.29) is 17.4 Å². The zero-order valence-corrected chi connectivity index (χ0v) is 17.0. The number of carbonyl (C=O) groups is 1. The topological polar surface area (TPSA) is 98.9 Å². The van der Waals surface area contributed by atoms with E-state index in [9.17, 15) is 14.7 Å². The van der Waals surface area contributed by atoms with Crippen LogP contribution in [-0.4, -0.2) is 53.3 Å². The molecule has 0 saturated heterocycles. The Balaban J connectivity index is 2.53. The predicted octanol–water partition coefficient (Wildman–Crippen LogP) is 3.14. The van der Waals surface area contributed by atoms with Crippen LogP contribution in [0.2, 0.25) is 0 Å². The first-order chi connectivity index (χ1) is 12.4. The van der Waals surface area contributed by atoms with Crippen molar-refractivity contribution in [1.29, 1.82) is 0 Å². The largest absolute Gasteiger partial charge is 0.465 e. The highest BCUT2D eigenvalue weighted by molar-refractivity contribution is 5.94. The zero-order chi connectivity index (χ0) is 20.5. The van der Waals surface area contributed by atoms with Gasteiger partial charge in [-0.2, -0.15) is 4.98 Å². The highest BCUT2D eigenvalue weighted by Gasteiger charge is 2.30. The lowest BCUT2D eigenvalue weighted by Crippen LogP contribution is -2.45. The van der Waals surface area contributed by atoms with Crippen molar-refractivity contribution in [3.8, 4) is 0 Å². The summed E-state index contributed by atoms with van der Waals surface area (Å²) in [5, 5.41) is 13.0. The molecule has 2 N–H and O–H groups in total. The van der Waals surface area contributed by atoms with E-state index >= 15 is 0 Å². The van der Waals surface area contributed by atoms with E-state index in [1.54, 1.807) is 39.8 Å². The number of carboxylic acid groups (broad SMARTS) is 1. The highest BCUT2D eigenvalue weighted by Crippen LogP contribution is 2.31. The summed E-state index contributed by atoms with van der Waals surface area (Å²) in [7, 11) is 3.91. The molecule has 0 aliphatic heterocycles. The van der Waals surface area contributed by atoms with Crippen LogP contribution < -0.4 is 15.8 Å². The Labute approximate surface area is 158 Å². The standard InChI is InChI=1S/C19H28N4O4/c1-11(10-22(6)7)20-17-21-13-8-9-14(12(2)15(13)16(24)27-17)23(18(25)26)19(3,4)5/h8-9,11H,10H2,1-7H3,(H,20,21)(H,25,26)/t11-/m0/s1. The molecule has 1 amide bonds. The summed E-state index contributed by atoms with van der Waals surface area (Å²) >= 11 is 0. The van der Waals surface area contributed by atoms with Crippen molar-refractivity contribution >= 4 is 28.7 Å². The fraction of sp³-hybridized carbons (Fsp3) is 0.526. The van der Waals surface area contributed by atoms with Crippen molar-refractivity contribution in [1.82, 2.24) is 9.88 Å². The Morgan fingerprint density at radius 2 is 1.96 bits per heavy atom. The number of hydrogen-bond donors (Lipinski definition) is 2. The number of nitrogens with one attached hydrogen (secondary N) is 1. The number of rotatable bonds is 5. The molecular formula is C19H28N4O4. The van der Waals surface area contributed by atoms with Crippen molar-refractivity contribution in [2.24, 2.45) is 0 Å². The summed E-state index contributed by atoms with van der Waals surface area (Å²) in [6, 6.07) is 3.52. The molecule has 27 heavy (non-hydrogen) atoms. The van der Waals surface area contributed by atoms with Crippen LogP contribution in [0.15, 0.2) is 21.3 Å². The monoisotopic (exact) mass is 376 g/mol. The normalized spacial score (nSPS) is 13.0. The van der Waals surface area contributed by atoms with Gasteiger partial charge in [0.2, 0.25) is 0 Å². The molecule has 1 atom stereocenters.